The summed E-state index contributed by atoms with van der Waals surface area (Å²) in [4.78, 5) is 0. The molecule has 7 aromatic rings. The fourth-order valence-electron chi connectivity index (χ4n) is 7.76. The number of aryl methyl sites for hydroxylation is 2. The van der Waals surface area contributed by atoms with Crippen LogP contribution in [-0.4, -0.2) is 4.57 Å². The minimum Gasteiger partial charge on any atom is -0.309 e. The summed E-state index contributed by atoms with van der Waals surface area (Å²) in [6.45, 7) is 2.25. The van der Waals surface area contributed by atoms with E-state index in [0.717, 1.165) is 0 Å². The molecule has 0 amide bonds. The molecule has 0 N–H and O–H groups in total. The van der Waals surface area contributed by atoms with Crippen molar-refractivity contribution in [3.8, 4) is 16.9 Å². The Morgan fingerprint density at radius 2 is 1.07 bits per heavy atom. The molecule has 0 radical (unpaired) electrons. The number of hydrogen-bond donors (Lipinski definition) is 0. The van der Waals surface area contributed by atoms with Crippen LogP contribution in [-0.2, 0) is 7.05 Å². The van der Waals surface area contributed by atoms with E-state index in [1.54, 1.807) is 0 Å². The fourth-order valence-corrected chi connectivity index (χ4v) is 7.76. The van der Waals surface area contributed by atoms with Gasteiger partial charge in [-0.3, -0.25) is 0 Å². The summed E-state index contributed by atoms with van der Waals surface area (Å²) in [6, 6.07) is 45.4. The molecule has 0 atom stereocenters. The van der Waals surface area contributed by atoms with Crippen LogP contribution in [0.15, 0.2) is 128 Å². The fraction of sp³-hybridized carbons (Fsp3) is 0.103. The average Bonchev–Trinajstić information content (AvgIpc) is 3.32. The zero-order valence-electron chi connectivity index (χ0n) is 23.2. The lowest BCUT2D eigenvalue weighted by Gasteiger charge is -2.42. The molecule has 3 aliphatic rings. The smallest absolute Gasteiger partial charge is 0.212 e. The highest BCUT2D eigenvalue weighted by Crippen LogP contribution is 2.56. The molecule has 0 spiro atoms. The van der Waals surface area contributed by atoms with Crippen LogP contribution in [0.4, 0.5) is 0 Å². The predicted octanol–water partition coefficient (Wildman–Crippen LogP) is 8.57. The second-order valence-electron chi connectivity index (χ2n) is 11.7. The van der Waals surface area contributed by atoms with Gasteiger partial charge in [-0.1, -0.05) is 66.7 Å². The van der Waals surface area contributed by atoms with Gasteiger partial charge in [0.05, 0.1) is 16.6 Å². The van der Waals surface area contributed by atoms with Crippen molar-refractivity contribution in [2.45, 2.75) is 18.8 Å². The van der Waals surface area contributed by atoms with Gasteiger partial charge in [-0.15, -0.1) is 0 Å². The molecule has 194 valence electrons. The van der Waals surface area contributed by atoms with E-state index in [0.29, 0.717) is 0 Å². The molecule has 0 fully saturated rings. The first-order valence-corrected chi connectivity index (χ1v) is 14.5. The van der Waals surface area contributed by atoms with Gasteiger partial charge in [-0.05, 0) is 88.3 Å². The van der Waals surface area contributed by atoms with Crippen molar-refractivity contribution in [2.24, 2.45) is 7.05 Å². The topological polar surface area (TPSA) is 8.81 Å². The third-order valence-corrected chi connectivity index (χ3v) is 9.52. The quantitative estimate of drug-likeness (QED) is 0.200. The van der Waals surface area contributed by atoms with Crippen molar-refractivity contribution in [3.63, 3.8) is 0 Å². The Morgan fingerprint density at radius 1 is 0.537 bits per heavy atom. The van der Waals surface area contributed by atoms with Crippen molar-refractivity contribution in [3.05, 3.63) is 166 Å². The van der Waals surface area contributed by atoms with Gasteiger partial charge in [-0.25, -0.2) is 4.57 Å². The van der Waals surface area contributed by atoms with Crippen molar-refractivity contribution in [1.82, 2.24) is 4.57 Å². The summed E-state index contributed by atoms with van der Waals surface area (Å²) >= 11 is 0. The molecule has 2 heterocycles. The van der Waals surface area contributed by atoms with Gasteiger partial charge in [0.1, 0.15) is 7.05 Å². The maximum absolute atomic E-state index is 2.53. The lowest BCUT2D eigenvalue weighted by molar-refractivity contribution is -0.660. The Bertz CT molecular complexity index is 2140. The molecular weight excluding hydrogens is 496 g/mol. The normalized spacial score (nSPS) is 16.5. The third kappa shape index (κ3) is 3.05. The number of pyridine rings is 1. The SMILES string of the molecule is Cc1cc2c3cc4c(cc3n(-c3ccccc3)c2cc1-c1cccc[n+]1C)C1c2ccccc2C4c2ccccc21. The minimum atomic E-state index is 0.259. The zero-order valence-corrected chi connectivity index (χ0v) is 23.2. The molecular formula is C39H29N2+. The summed E-state index contributed by atoms with van der Waals surface area (Å²) in [5, 5.41) is 2.65. The summed E-state index contributed by atoms with van der Waals surface area (Å²) in [7, 11) is 2.13. The number of nitrogens with zero attached hydrogens (tertiary/aromatic N) is 2. The average molecular weight is 526 g/mol. The van der Waals surface area contributed by atoms with Crippen LogP contribution >= 0.6 is 0 Å². The van der Waals surface area contributed by atoms with E-state index in [-0.39, 0.29) is 11.8 Å². The molecule has 2 heteroatoms. The van der Waals surface area contributed by atoms with Crippen LogP contribution in [0, 0.1) is 6.92 Å². The first kappa shape index (κ1) is 22.8. The minimum absolute atomic E-state index is 0.259. The first-order valence-electron chi connectivity index (χ1n) is 14.5. The molecule has 0 unspecified atom stereocenters. The summed E-state index contributed by atoms with van der Waals surface area (Å²) in [5.41, 5.74) is 16.3. The molecule has 0 saturated heterocycles. The van der Waals surface area contributed by atoms with Crippen molar-refractivity contribution < 1.29 is 4.57 Å². The number of rotatable bonds is 2. The van der Waals surface area contributed by atoms with Gasteiger partial charge >= 0.3 is 0 Å². The molecule has 3 aliphatic carbocycles. The van der Waals surface area contributed by atoms with Crippen LogP contribution in [0.1, 0.15) is 50.8 Å². The summed E-state index contributed by atoms with van der Waals surface area (Å²) in [6.07, 6.45) is 2.13. The Morgan fingerprint density at radius 3 is 1.71 bits per heavy atom. The lowest BCUT2D eigenvalue weighted by Crippen LogP contribution is -2.30. The van der Waals surface area contributed by atoms with E-state index >= 15 is 0 Å². The highest BCUT2D eigenvalue weighted by Gasteiger charge is 2.41. The number of benzene rings is 5. The molecule has 2 aromatic heterocycles. The van der Waals surface area contributed by atoms with Crippen LogP contribution in [0.25, 0.3) is 38.8 Å². The zero-order chi connectivity index (χ0) is 27.2. The van der Waals surface area contributed by atoms with E-state index < -0.39 is 0 Å². The maximum Gasteiger partial charge on any atom is 0.212 e. The van der Waals surface area contributed by atoms with Gasteiger partial charge in [0.25, 0.3) is 0 Å². The molecule has 0 saturated carbocycles. The van der Waals surface area contributed by atoms with Crippen LogP contribution in [0.2, 0.25) is 0 Å². The molecule has 2 bridgehead atoms. The Hall–Kier alpha value is -4.95. The van der Waals surface area contributed by atoms with Gasteiger partial charge in [0, 0.05) is 40.4 Å². The van der Waals surface area contributed by atoms with Crippen LogP contribution in [0.5, 0.6) is 0 Å². The molecule has 10 rings (SSSR count). The van der Waals surface area contributed by atoms with Crippen LogP contribution in [0.3, 0.4) is 0 Å². The van der Waals surface area contributed by atoms with E-state index in [9.17, 15) is 0 Å². The van der Waals surface area contributed by atoms with E-state index in [1.807, 2.05) is 0 Å². The van der Waals surface area contributed by atoms with Gasteiger partial charge < -0.3 is 4.57 Å². The van der Waals surface area contributed by atoms with Gasteiger partial charge in [0.15, 0.2) is 6.20 Å². The number of fused-ring (bicyclic) bond motifs is 3. The monoisotopic (exact) mass is 525 g/mol. The first-order chi connectivity index (χ1) is 20.2. The third-order valence-electron chi connectivity index (χ3n) is 9.52. The van der Waals surface area contributed by atoms with Crippen molar-refractivity contribution in [1.29, 1.82) is 0 Å². The standard InChI is InChI=1S/C39H29N2/c1-24-20-31-32-21-33-34(39-28-16-8-6-14-26(28)38(33)27-15-7-9-17-29(27)39)23-37(32)41(25-12-4-3-5-13-25)36(31)22-30(24)35-18-10-11-19-40(35)2/h3-23,38-39H,1-2H3/q+1. The van der Waals surface area contributed by atoms with E-state index in [4.69, 9.17) is 0 Å². The highest BCUT2D eigenvalue weighted by molar-refractivity contribution is 6.11. The second kappa shape index (κ2) is 8.28. The maximum atomic E-state index is 2.53. The predicted molar refractivity (Wildman–Crippen MR) is 167 cm³/mol. The summed E-state index contributed by atoms with van der Waals surface area (Å²) in [5.74, 6) is 0.528. The Labute approximate surface area is 239 Å². The van der Waals surface area contributed by atoms with Gasteiger partial charge in [0.2, 0.25) is 5.69 Å². The molecule has 5 aromatic carbocycles. The van der Waals surface area contributed by atoms with Gasteiger partial charge in [-0.2, -0.15) is 0 Å². The van der Waals surface area contributed by atoms with Crippen LogP contribution < -0.4 is 4.57 Å². The molecule has 0 aliphatic heterocycles. The highest BCUT2D eigenvalue weighted by atomic mass is 15.0. The number of hydrogen-bond acceptors (Lipinski definition) is 0. The second-order valence-corrected chi connectivity index (χ2v) is 11.7. The van der Waals surface area contributed by atoms with Crippen molar-refractivity contribution >= 4 is 21.8 Å². The molecule has 41 heavy (non-hydrogen) atoms. The Balaban J connectivity index is 1.40. The number of aromatic nitrogens is 2. The number of para-hydroxylation sites is 1. The lowest BCUT2D eigenvalue weighted by atomic mass is 9.61. The van der Waals surface area contributed by atoms with E-state index in [1.165, 1.54) is 77.7 Å². The summed E-state index contributed by atoms with van der Waals surface area (Å²) < 4.78 is 4.70. The van der Waals surface area contributed by atoms with E-state index in [2.05, 4.69) is 151 Å². The molecule has 2 nitrogen and oxygen atoms in total. The largest absolute Gasteiger partial charge is 0.309 e. The Kier molecular flexibility index (Phi) is 4.61. The van der Waals surface area contributed by atoms with Crippen molar-refractivity contribution in [2.75, 3.05) is 0 Å².